The third kappa shape index (κ3) is 4.18. The highest BCUT2D eigenvalue weighted by Crippen LogP contribution is 2.14. The minimum absolute atomic E-state index is 0.158. The highest BCUT2D eigenvalue weighted by Gasteiger charge is 2.06. The van der Waals surface area contributed by atoms with Crippen molar-refractivity contribution < 1.29 is 9.59 Å². The van der Waals surface area contributed by atoms with E-state index < -0.39 is 0 Å². The monoisotopic (exact) mass is 293 g/mol. The van der Waals surface area contributed by atoms with Crippen molar-refractivity contribution in [3.05, 3.63) is 59.7 Å². The number of hydrogen-bond donors (Lipinski definition) is 2. The zero-order valence-corrected chi connectivity index (χ0v) is 12.1. The molecule has 0 heterocycles. The van der Waals surface area contributed by atoms with Gasteiger partial charge in [-0.25, -0.2) is 0 Å². The van der Waals surface area contributed by atoms with Crippen LogP contribution in [0.3, 0.4) is 0 Å². The number of hydrogen-bond acceptors (Lipinski definition) is 3. The smallest absolute Gasteiger partial charge is 0.255 e. The van der Waals surface area contributed by atoms with E-state index in [4.69, 9.17) is 5.26 Å². The van der Waals surface area contributed by atoms with Crippen molar-refractivity contribution in [3.63, 3.8) is 0 Å². The fraction of sp³-hybridized carbons (Fsp3) is 0.118. The molecule has 0 aliphatic rings. The average molecular weight is 293 g/mol. The fourth-order valence-corrected chi connectivity index (χ4v) is 1.91. The molecular formula is C17H15N3O2. The summed E-state index contributed by atoms with van der Waals surface area (Å²) in [5.41, 5.74) is 2.71. The van der Waals surface area contributed by atoms with E-state index in [1.807, 2.05) is 0 Å². The highest BCUT2D eigenvalue weighted by molar-refractivity contribution is 6.04. The van der Waals surface area contributed by atoms with E-state index in [1.54, 1.807) is 48.5 Å². The van der Waals surface area contributed by atoms with E-state index in [0.29, 0.717) is 23.4 Å². The van der Waals surface area contributed by atoms with Crippen LogP contribution in [0.15, 0.2) is 48.5 Å². The summed E-state index contributed by atoms with van der Waals surface area (Å²) in [7, 11) is 0. The van der Waals surface area contributed by atoms with Gasteiger partial charge in [-0.3, -0.25) is 9.59 Å². The molecule has 2 N–H and O–H groups in total. The molecule has 0 aliphatic carbocycles. The van der Waals surface area contributed by atoms with Crippen molar-refractivity contribution in [2.45, 2.75) is 13.3 Å². The summed E-state index contributed by atoms with van der Waals surface area (Å²) in [6.45, 7) is 1.43. The Kier molecular flexibility index (Phi) is 4.89. The molecule has 22 heavy (non-hydrogen) atoms. The number of rotatable bonds is 4. The number of nitrogens with one attached hydrogen (secondary N) is 2. The lowest BCUT2D eigenvalue weighted by Crippen LogP contribution is -2.12. The Morgan fingerprint density at radius 2 is 1.50 bits per heavy atom. The van der Waals surface area contributed by atoms with Gasteiger partial charge in [-0.1, -0.05) is 12.1 Å². The first kappa shape index (κ1) is 15.3. The summed E-state index contributed by atoms with van der Waals surface area (Å²) in [6, 6.07) is 15.8. The first-order valence-electron chi connectivity index (χ1n) is 6.73. The Bertz CT molecular complexity index is 713. The molecule has 0 aromatic heterocycles. The molecule has 0 spiro atoms. The second-order valence-electron chi connectivity index (χ2n) is 4.74. The maximum atomic E-state index is 12.1. The lowest BCUT2D eigenvalue weighted by molar-refractivity contribution is -0.114. The van der Waals surface area contributed by atoms with Crippen LogP contribution in [0.2, 0.25) is 0 Å². The zero-order valence-electron chi connectivity index (χ0n) is 12.1. The number of carbonyl (C=O) groups is 2. The van der Waals surface area contributed by atoms with E-state index in [1.165, 1.54) is 6.92 Å². The van der Waals surface area contributed by atoms with E-state index in [9.17, 15) is 9.59 Å². The van der Waals surface area contributed by atoms with Gasteiger partial charge in [0.15, 0.2) is 0 Å². The van der Waals surface area contributed by atoms with E-state index in [2.05, 4.69) is 16.7 Å². The summed E-state index contributed by atoms with van der Waals surface area (Å²) in [5, 5.41) is 14.0. The summed E-state index contributed by atoms with van der Waals surface area (Å²) in [4.78, 5) is 23.0. The molecule has 5 heteroatoms. The summed E-state index contributed by atoms with van der Waals surface area (Å²) >= 11 is 0. The third-order valence-corrected chi connectivity index (χ3v) is 2.96. The van der Waals surface area contributed by atoms with Gasteiger partial charge in [0.25, 0.3) is 5.91 Å². The van der Waals surface area contributed by atoms with Gasteiger partial charge in [0, 0.05) is 23.9 Å². The molecule has 0 radical (unpaired) electrons. The Hall–Kier alpha value is -3.13. The van der Waals surface area contributed by atoms with Crippen LogP contribution in [-0.4, -0.2) is 11.8 Å². The lowest BCUT2D eigenvalue weighted by Gasteiger charge is -2.07. The Balaban J connectivity index is 2.02. The zero-order chi connectivity index (χ0) is 15.9. The van der Waals surface area contributed by atoms with Gasteiger partial charge in [0.05, 0.1) is 12.5 Å². The van der Waals surface area contributed by atoms with Crippen LogP contribution in [-0.2, 0) is 11.2 Å². The van der Waals surface area contributed by atoms with Crippen LogP contribution in [0.25, 0.3) is 0 Å². The topological polar surface area (TPSA) is 82.0 Å². The van der Waals surface area contributed by atoms with Crippen molar-refractivity contribution in [2.75, 3.05) is 10.6 Å². The van der Waals surface area contributed by atoms with Gasteiger partial charge in [0.2, 0.25) is 5.91 Å². The second kappa shape index (κ2) is 7.04. The molecule has 0 aliphatic heterocycles. The predicted molar refractivity (Wildman–Crippen MR) is 84.5 cm³/mol. The van der Waals surface area contributed by atoms with Crippen molar-refractivity contribution in [3.8, 4) is 6.07 Å². The van der Waals surface area contributed by atoms with E-state index >= 15 is 0 Å². The standard InChI is InChI=1S/C17H15N3O2/c1-12(21)19-15-8-4-14(5-9-15)17(22)20-16-6-2-13(3-7-16)10-11-18/h2-9H,10H2,1H3,(H,19,21)(H,20,22). The molecule has 0 fully saturated rings. The molecule has 2 amide bonds. The quantitative estimate of drug-likeness (QED) is 0.909. The molecule has 0 unspecified atom stereocenters. The van der Waals surface area contributed by atoms with Crippen molar-refractivity contribution in [2.24, 2.45) is 0 Å². The van der Waals surface area contributed by atoms with Gasteiger partial charge >= 0.3 is 0 Å². The highest BCUT2D eigenvalue weighted by atomic mass is 16.2. The molecular weight excluding hydrogens is 278 g/mol. The number of nitriles is 1. The van der Waals surface area contributed by atoms with Gasteiger partial charge in [-0.15, -0.1) is 0 Å². The van der Waals surface area contributed by atoms with Gasteiger partial charge < -0.3 is 10.6 Å². The van der Waals surface area contributed by atoms with Gasteiger partial charge in [-0.2, -0.15) is 5.26 Å². The maximum Gasteiger partial charge on any atom is 0.255 e. The molecule has 0 atom stereocenters. The molecule has 2 rings (SSSR count). The van der Waals surface area contributed by atoms with Crippen molar-refractivity contribution >= 4 is 23.2 Å². The van der Waals surface area contributed by atoms with Crippen LogP contribution < -0.4 is 10.6 Å². The van der Waals surface area contributed by atoms with Crippen LogP contribution in [0.4, 0.5) is 11.4 Å². The Morgan fingerprint density at radius 1 is 0.955 bits per heavy atom. The maximum absolute atomic E-state index is 12.1. The molecule has 110 valence electrons. The number of benzene rings is 2. The minimum atomic E-state index is -0.234. The summed E-state index contributed by atoms with van der Waals surface area (Å²) in [6.07, 6.45) is 0.346. The molecule has 5 nitrogen and oxygen atoms in total. The van der Waals surface area contributed by atoms with Crippen LogP contribution >= 0.6 is 0 Å². The van der Waals surface area contributed by atoms with Crippen LogP contribution in [0, 0.1) is 11.3 Å². The normalized spacial score (nSPS) is 9.64. The lowest BCUT2D eigenvalue weighted by atomic mass is 10.1. The van der Waals surface area contributed by atoms with Crippen molar-refractivity contribution in [1.82, 2.24) is 0 Å². The first-order valence-corrected chi connectivity index (χ1v) is 6.73. The van der Waals surface area contributed by atoms with Gasteiger partial charge in [-0.05, 0) is 42.0 Å². The van der Waals surface area contributed by atoms with Gasteiger partial charge in [0.1, 0.15) is 0 Å². The predicted octanol–water partition coefficient (Wildman–Crippen LogP) is 2.96. The second-order valence-corrected chi connectivity index (χ2v) is 4.74. The number of carbonyl (C=O) groups excluding carboxylic acids is 2. The van der Waals surface area contributed by atoms with E-state index in [0.717, 1.165) is 5.56 Å². The molecule has 0 saturated carbocycles. The molecule has 0 bridgehead atoms. The number of anilines is 2. The fourth-order valence-electron chi connectivity index (χ4n) is 1.91. The Labute approximate surface area is 128 Å². The van der Waals surface area contributed by atoms with Crippen LogP contribution in [0.1, 0.15) is 22.8 Å². The summed E-state index contributed by atoms with van der Waals surface area (Å²) < 4.78 is 0. The van der Waals surface area contributed by atoms with Crippen LogP contribution in [0.5, 0.6) is 0 Å². The Morgan fingerprint density at radius 3 is 2.05 bits per heavy atom. The SMILES string of the molecule is CC(=O)Nc1ccc(C(=O)Nc2ccc(CC#N)cc2)cc1. The average Bonchev–Trinajstić information content (AvgIpc) is 2.49. The van der Waals surface area contributed by atoms with E-state index in [-0.39, 0.29) is 11.8 Å². The molecule has 2 aromatic rings. The summed E-state index contributed by atoms with van der Waals surface area (Å²) in [5.74, 6) is -0.392. The molecule has 2 aromatic carbocycles. The molecule has 0 saturated heterocycles. The number of amides is 2. The number of nitrogens with zero attached hydrogens (tertiary/aromatic N) is 1. The minimum Gasteiger partial charge on any atom is -0.326 e. The third-order valence-electron chi connectivity index (χ3n) is 2.96. The van der Waals surface area contributed by atoms with Crippen molar-refractivity contribution in [1.29, 1.82) is 5.26 Å². The first-order chi connectivity index (χ1) is 10.6. The largest absolute Gasteiger partial charge is 0.326 e.